The molecule has 2 aromatic heterocycles. The average Bonchev–Trinajstić information content (AvgIpc) is 3.09. The summed E-state index contributed by atoms with van der Waals surface area (Å²) in [6.07, 6.45) is 1.63. The van der Waals surface area contributed by atoms with Crippen LogP contribution in [0.2, 0.25) is 0 Å². The van der Waals surface area contributed by atoms with Gasteiger partial charge >= 0.3 is 0 Å². The van der Waals surface area contributed by atoms with Crippen LogP contribution in [0.3, 0.4) is 0 Å². The number of anilines is 5. The monoisotopic (exact) mass is 452 g/mol. The van der Waals surface area contributed by atoms with Crippen LogP contribution < -0.4 is 20.7 Å². The molecule has 0 aliphatic carbocycles. The number of imidazole rings is 1. The highest BCUT2D eigenvalue weighted by Crippen LogP contribution is 2.28. The van der Waals surface area contributed by atoms with Gasteiger partial charge in [0.2, 0.25) is 21.9 Å². The lowest BCUT2D eigenvalue weighted by atomic mass is 10.2. The average molecular weight is 453 g/mol. The number of primary sulfonamides is 1. The molecule has 0 aliphatic rings. The van der Waals surface area contributed by atoms with Crippen LogP contribution in [0.5, 0.6) is 0 Å². The number of sulfonamides is 1. The molecule has 0 radical (unpaired) electrons. The highest BCUT2D eigenvalue weighted by Gasteiger charge is 2.14. The van der Waals surface area contributed by atoms with Crippen molar-refractivity contribution in [2.45, 2.75) is 11.8 Å². The summed E-state index contributed by atoms with van der Waals surface area (Å²) in [5.74, 6) is 1.77. The number of aromatic nitrogens is 4. The number of nitrogens with zero attached hydrogens (tertiary/aromatic N) is 5. The SMILES string of the molecule is CNc1nc2cc(N(C)c3ccnc(Nc4ccc(C)c(S(N)(=O)=O)c4)n3)ccc2n1C. The van der Waals surface area contributed by atoms with Crippen molar-refractivity contribution in [2.24, 2.45) is 12.2 Å². The van der Waals surface area contributed by atoms with E-state index in [-0.39, 0.29) is 4.90 Å². The Morgan fingerprint density at radius 1 is 1.09 bits per heavy atom. The first-order valence-electron chi connectivity index (χ1n) is 9.79. The van der Waals surface area contributed by atoms with E-state index in [1.807, 2.05) is 48.8 Å². The molecule has 11 heteroatoms. The summed E-state index contributed by atoms with van der Waals surface area (Å²) in [6.45, 7) is 1.69. The van der Waals surface area contributed by atoms with Gasteiger partial charge in [-0.2, -0.15) is 4.98 Å². The van der Waals surface area contributed by atoms with Crippen molar-refractivity contribution in [1.82, 2.24) is 19.5 Å². The molecule has 0 unspecified atom stereocenters. The zero-order chi connectivity index (χ0) is 23.0. The lowest BCUT2D eigenvalue weighted by Crippen LogP contribution is -2.14. The predicted octanol–water partition coefficient (Wildman–Crippen LogP) is 2.87. The molecular weight excluding hydrogens is 428 g/mol. The van der Waals surface area contributed by atoms with Crippen LogP contribution >= 0.6 is 0 Å². The lowest BCUT2D eigenvalue weighted by Gasteiger charge is -2.19. The van der Waals surface area contributed by atoms with E-state index in [0.29, 0.717) is 23.0 Å². The van der Waals surface area contributed by atoms with Gasteiger partial charge in [0.15, 0.2) is 0 Å². The van der Waals surface area contributed by atoms with Crippen molar-refractivity contribution in [3.63, 3.8) is 0 Å². The van der Waals surface area contributed by atoms with E-state index in [2.05, 4.69) is 25.6 Å². The van der Waals surface area contributed by atoms with Crippen LogP contribution in [-0.4, -0.2) is 42.0 Å². The van der Waals surface area contributed by atoms with Gasteiger partial charge in [0, 0.05) is 38.7 Å². The summed E-state index contributed by atoms with van der Waals surface area (Å²) in [5.41, 5.74) is 3.88. The van der Waals surface area contributed by atoms with Gasteiger partial charge in [-0.1, -0.05) is 6.07 Å². The molecule has 166 valence electrons. The second-order valence-electron chi connectivity index (χ2n) is 7.37. The third-order valence-corrected chi connectivity index (χ3v) is 6.26. The van der Waals surface area contributed by atoms with Gasteiger partial charge in [0.05, 0.1) is 15.9 Å². The lowest BCUT2D eigenvalue weighted by molar-refractivity contribution is 0.597. The third kappa shape index (κ3) is 4.07. The summed E-state index contributed by atoms with van der Waals surface area (Å²) in [4.78, 5) is 15.4. The Labute approximate surface area is 186 Å². The van der Waals surface area contributed by atoms with Gasteiger partial charge in [-0.25, -0.2) is 23.5 Å². The van der Waals surface area contributed by atoms with E-state index < -0.39 is 10.0 Å². The number of hydrogen-bond donors (Lipinski definition) is 3. The number of aryl methyl sites for hydroxylation is 2. The maximum Gasteiger partial charge on any atom is 0.238 e. The highest BCUT2D eigenvalue weighted by molar-refractivity contribution is 7.89. The van der Waals surface area contributed by atoms with Gasteiger partial charge in [-0.3, -0.25) is 0 Å². The van der Waals surface area contributed by atoms with Crippen molar-refractivity contribution >= 4 is 50.1 Å². The van der Waals surface area contributed by atoms with E-state index in [1.54, 1.807) is 31.3 Å². The molecule has 32 heavy (non-hydrogen) atoms. The molecule has 4 rings (SSSR count). The summed E-state index contributed by atoms with van der Waals surface area (Å²) in [5, 5.41) is 11.4. The summed E-state index contributed by atoms with van der Waals surface area (Å²) >= 11 is 0. The predicted molar refractivity (Wildman–Crippen MR) is 126 cm³/mol. The summed E-state index contributed by atoms with van der Waals surface area (Å²) in [7, 11) is 1.87. The zero-order valence-corrected chi connectivity index (χ0v) is 19.0. The number of hydrogen-bond acceptors (Lipinski definition) is 8. The Hall–Kier alpha value is -3.70. The molecule has 2 heterocycles. The fourth-order valence-corrected chi connectivity index (χ4v) is 4.27. The van der Waals surface area contributed by atoms with Gasteiger partial charge < -0.3 is 20.1 Å². The maximum absolute atomic E-state index is 11.8. The molecule has 0 aliphatic heterocycles. The maximum atomic E-state index is 11.8. The molecule has 10 nitrogen and oxygen atoms in total. The minimum Gasteiger partial charge on any atom is -0.359 e. The van der Waals surface area contributed by atoms with Crippen LogP contribution in [0, 0.1) is 6.92 Å². The Morgan fingerprint density at radius 2 is 1.88 bits per heavy atom. The Morgan fingerprint density at radius 3 is 2.59 bits per heavy atom. The molecule has 0 amide bonds. The van der Waals surface area contributed by atoms with Crippen molar-refractivity contribution in [3.8, 4) is 0 Å². The molecule has 0 spiro atoms. The quantitative estimate of drug-likeness (QED) is 0.407. The van der Waals surface area contributed by atoms with E-state index in [0.717, 1.165) is 22.7 Å². The third-order valence-electron chi connectivity index (χ3n) is 5.21. The van der Waals surface area contributed by atoms with Crippen molar-refractivity contribution in [1.29, 1.82) is 0 Å². The Bertz CT molecular complexity index is 1410. The number of benzene rings is 2. The van der Waals surface area contributed by atoms with Crippen molar-refractivity contribution in [2.75, 3.05) is 29.6 Å². The molecule has 0 bridgehead atoms. The Balaban J connectivity index is 1.62. The zero-order valence-electron chi connectivity index (χ0n) is 18.2. The second-order valence-corrected chi connectivity index (χ2v) is 8.90. The molecule has 2 aromatic carbocycles. The number of nitrogens with two attached hydrogens (primary N) is 1. The molecule has 0 fully saturated rings. The molecule has 4 aromatic rings. The molecule has 4 N–H and O–H groups in total. The minimum atomic E-state index is -3.83. The molecule has 0 saturated heterocycles. The van der Waals surface area contributed by atoms with Crippen molar-refractivity contribution < 1.29 is 8.42 Å². The van der Waals surface area contributed by atoms with Crippen LogP contribution in [0.4, 0.5) is 29.1 Å². The van der Waals surface area contributed by atoms with Crippen LogP contribution in [-0.2, 0) is 17.1 Å². The van der Waals surface area contributed by atoms with E-state index in [1.165, 1.54) is 6.07 Å². The standard InChI is InChI=1S/C21H24N8O2S/c1-13-5-6-14(11-18(13)32(22,30)31)25-20-24-10-9-19(27-20)28(3)15-7-8-17-16(12-15)26-21(23-2)29(17)4/h5-12H,1-4H3,(H,23,26)(H2,22,30,31)(H,24,25,27). The summed E-state index contributed by atoms with van der Waals surface area (Å²) in [6, 6.07) is 12.7. The number of fused-ring (bicyclic) bond motifs is 1. The van der Waals surface area contributed by atoms with E-state index in [9.17, 15) is 8.42 Å². The van der Waals surface area contributed by atoms with Crippen LogP contribution in [0.25, 0.3) is 11.0 Å². The number of nitrogens with one attached hydrogen (secondary N) is 2. The number of rotatable bonds is 6. The first-order chi connectivity index (χ1) is 15.2. The highest BCUT2D eigenvalue weighted by atomic mass is 32.2. The van der Waals surface area contributed by atoms with Gasteiger partial charge in [-0.15, -0.1) is 0 Å². The minimum absolute atomic E-state index is 0.0559. The first-order valence-corrected chi connectivity index (χ1v) is 11.3. The fourth-order valence-electron chi connectivity index (χ4n) is 3.46. The first kappa shape index (κ1) is 21.5. The largest absolute Gasteiger partial charge is 0.359 e. The van der Waals surface area contributed by atoms with E-state index >= 15 is 0 Å². The topological polar surface area (TPSA) is 131 Å². The van der Waals surface area contributed by atoms with Crippen molar-refractivity contribution in [3.05, 3.63) is 54.2 Å². The molecule has 0 atom stereocenters. The van der Waals surface area contributed by atoms with Gasteiger partial charge in [-0.05, 0) is 48.9 Å². The Kier molecular flexibility index (Phi) is 5.45. The normalized spacial score (nSPS) is 11.5. The molecular formula is C21H24N8O2S. The second kappa shape index (κ2) is 8.09. The smallest absolute Gasteiger partial charge is 0.238 e. The molecule has 0 saturated carbocycles. The van der Waals surface area contributed by atoms with Gasteiger partial charge in [0.25, 0.3) is 0 Å². The van der Waals surface area contributed by atoms with Crippen LogP contribution in [0.15, 0.2) is 53.6 Å². The van der Waals surface area contributed by atoms with Gasteiger partial charge in [0.1, 0.15) is 5.82 Å². The fraction of sp³-hybridized carbons (Fsp3) is 0.190. The van der Waals surface area contributed by atoms with Crippen LogP contribution in [0.1, 0.15) is 5.56 Å². The van der Waals surface area contributed by atoms with E-state index in [4.69, 9.17) is 5.14 Å². The summed E-state index contributed by atoms with van der Waals surface area (Å²) < 4.78 is 25.6.